The van der Waals surface area contributed by atoms with E-state index in [4.69, 9.17) is 0 Å². The Morgan fingerprint density at radius 2 is 2.06 bits per heavy atom. The minimum absolute atomic E-state index is 0.344. The van der Waals surface area contributed by atoms with E-state index in [0.717, 1.165) is 21.3 Å². The fraction of sp³-hybridized carbons (Fsp3) is 0.455. The molecule has 0 radical (unpaired) electrons. The van der Waals surface area contributed by atoms with Crippen LogP contribution in [0.5, 0.6) is 0 Å². The molecule has 2 aromatic rings. The summed E-state index contributed by atoms with van der Waals surface area (Å²) in [5.41, 5.74) is 3.57. The molecule has 2 aromatic heterocycles. The summed E-state index contributed by atoms with van der Waals surface area (Å²) in [6.07, 6.45) is 0. The molecule has 2 rings (SSSR count). The van der Waals surface area contributed by atoms with Gasteiger partial charge in [0.25, 0.3) is 0 Å². The second kappa shape index (κ2) is 3.94. The van der Waals surface area contributed by atoms with Gasteiger partial charge in [0.15, 0.2) is 0 Å². The third kappa shape index (κ3) is 2.04. The smallest absolute Gasteiger partial charge is 0.144 e. The van der Waals surface area contributed by atoms with Gasteiger partial charge in [-0.2, -0.15) is 0 Å². The van der Waals surface area contributed by atoms with Gasteiger partial charge < -0.3 is 4.57 Å². The van der Waals surface area contributed by atoms with E-state index in [9.17, 15) is 4.57 Å². The largest absolute Gasteiger partial charge is 0.319 e. The van der Waals surface area contributed by atoms with Crippen molar-refractivity contribution in [3.63, 3.8) is 0 Å². The molecule has 0 aromatic carbocycles. The third-order valence-corrected chi connectivity index (χ3v) is 4.70. The first-order valence-corrected chi connectivity index (χ1v) is 8.67. The van der Waals surface area contributed by atoms with Gasteiger partial charge in [0.2, 0.25) is 0 Å². The molecule has 0 saturated heterocycles. The van der Waals surface area contributed by atoms with Crippen LogP contribution in [0.25, 0.3) is 10.3 Å². The minimum Gasteiger partial charge on any atom is -0.319 e. The van der Waals surface area contributed by atoms with Gasteiger partial charge in [0.05, 0.1) is 5.51 Å². The number of rotatable bonds is 2. The molecule has 3 nitrogen and oxygen atoms in total. The van der Waals surface area contributed by atoms with E-state index in [1.807, 2.05) is 6.07 Å². The van der Waals surface area contributed by atoms with Crippen LogP contribution in [0.3, 0.4) is 0 Å². The van der Waals surface area contributed by atoms with Crippen molar-refractivity contribution in [2.24, 2.45) is 0 Å². The quantitative estimate of drug-likeness (QED) is 0.773. The van der Waals surface area contributed by atoms with E-state index in [0.29, 0.717) is 5.92 Å². The SMILES string of the molecule is CC(C)c1cc(P(C)(C)=O)c2ncsc2n1. The Morgan fingerprint density at radius 1 is 1.38 bits per heavy atom. The van der Waals surface area contributed by atoms with Crippen LogP contribution >= 0.6 is 18.5 Å². The Morgan fingerprint density at radius 3 is 2.62 bits per heavy atom. The number of nitrogens with zero attached hydrogens (tertiary/aromatic N) is 2. The summed E-state index contributed by atoms with van der Waals surface area (Å²) in [7, 11) is -2.29. The monoisotopic (exact) mass is 254 g/mol. The highest BCUT2D eigenvalue weighted by Gasteiger charge is 2.19. The van der Waals surface area contributed by atoms with Crippen molar-refractivity contribution in [3.05, 3.63) is 17.3 Å². The number of thiazole rings is 1. The maximum absolute atomic E-state index is 12.2. The fourth-order valence-corrected chi connectivity index (χ4v) is 3.44. The average molecular weight is 254 g/mol. The lowest BCUT2D eigenvalue weighted by atomic mass is 10.1. The van der Waals surface area contributed by atoms with Crippen LogP contribution in [0, 0.1) is 0 Å². The topological polar surface area (TPSA) is 42.9 Å². The normalized spacial score (nSPS) is 12.6. The Balaban J connectivity index is 2.79. The van der Waals surface area contributed by atoms with Gasteiger partial charge >= 0.3 is 0 Å². The van der Waals surface area contributed by atoms with E-state index < -0.39 is 7.14 Å². The Bertz CT molecular complexity index is 570. The molecule has 0 aliphatic rings. The molecule has 0 fully saturated rings. The van der Waals surface area contributed by atoms with Gasteiger partial charge in [-0.1, -0.05) is 13.8 Å². The summed E-state index contributed by atoms with van der Waals surface area (Å²) in [6.45, 7) is 7.75. The molecule has 0 N–H and O–H groups in total. The molecular formula is C11H15N2OPS. The molecule has 0 saturated carbocycles. The highest BCUT2D eigenvalue weighted by atomic mass is 32.1. The standard InChI is InChI=1S/C11H15N2OPS/c1-7(2)8-5-9(15(3,4)14)10-11(13-8)16-6-12-10/h5-7H,1-4H3. The highest BCUT2D eigenvalue weighted by molar-refractivity contribution is 7.70. The van der Waals surface area contributed by atoms with E-state index in [-0.39, 0.29) is 0 Å². The first kappa shape index (κ1) is 11.7. The second-order valence-electron chi connectivity index (χ2n) is 4.58. The summed E-state index contributed by atoms with van der Waals surface area (Å²) in [6, 6.07) is 1.95. The van der Waals surface area contributed by atoms with Gasteiger partial charge in [-0.15, -0.1) is 11.3 Å². The van der Waals surface area contributed by atoms with Crippen LogP contribution in [0.2, 0.25) is 0 Å². The molecule has 0 aliphatic heterocycles. The van der Waals surface area contributed by atoms with E-state index in [2.05, 4.69) is 23.8 Å². The van der Waals surface area contributed by atoms with Crippen LogP contribution in [-0.2, 0) is 4.57 Å². The lowest BCUT2D eigenvalue weighted by Gasteiger charge is -2.11. The van der Waals surface area contributed by atoms with Crippen LogP contribution in [-0.4, -0.2) is 23.3 Å². The highest BCUT2D eigenvalue weighted by Crippen LogP contribution is 2.38. The van der Waals surface area contributed by atoms with Crippen molar-refractivity contribution < 1.29 is 4.57 Å². The second-order valence-corrected chi connectivity index (χ2v) is 8.59. The van der Waals surface area contributed by atoms with Crippen molar-refractivity contribution in [3.8, 4) is 0 Å². The van der Waals surface area contributed by atoms with Gasteiger partial charge in [0, 0.05) is 11.0 Å². The van der Waals surface area contributed by atoms with Crippen molar-refractivity contribution in [1.29, 1.82) is 0 Å². The molecule has 0 amide bonds. The molecule has 0 bridgehead atoms. The van der Waals surface area contributed by atoms with Crippen LogP contribution in [0.1, 0.15) is 25.5 Å². The predicted octanol–water partition coefficient (Wildman–Crippen LogP) is 3.06. The van der Waals surface area contributed by atoms with Gasteiger partial charge in [0.1, 0.15) is 17.5 Å². The maximum Gasteiger partial charge on any atom is 0.144 e. The Kier molecular flexibility index (Phi) is 2.89. The Labute approximate surface area is 99.3 Å². The molecule has 0 unspecified atom stereocenters. The first-order valence-electron chi connectivity index (χ1n) is 5.19. The third-order valence-electron chi connectivity index (χ3n) is 2.48. The molecule has 2 heterocycles. The zero-order chi connectivity index (χ0) is 11.9. The van der Waals surface area contributed by atoms with Gasteiger partial charge in [-0.25, -0.2) is 9.97 Å². The van der Waals surface area contributed by atoms with Crippen LogP contribution < -0.4 is 5.30 Å². The van der Waals surface area contributed by atoms with Crippen LogP contribution in [0.4, 0.5) is 0 Å². The fourth-order valence-electron chi connectivity index (χ4n) is 1.56. The average Bonchev–Trinajstić information content (AvgIpc) is 2.61. The molecule has 16 heavy (non-hydrogen) atoms. The van der Waals surface area contributed by atoms with Crippen molar-refractivity contribution in [1.82, 2.24) is 9.97 Å². The Hall–Kier alpha value is -0.730. The lowest BCUT2D eigenvalue weighted by Crippen LogP contribution is -2.09. The summed E-state index contributed by atoms with van der Waals surface area (Å²) in [5.74, 6) is 0.344. The molecule has 86 valence electrons. The van der Waals surface area contributed by atoms with Gasteiger partial charge in [-0.3, -0.25) is 0 Å². The minimum atomic E-state index is -2.29. The zero-order valence-corrected chi connectivity index (χ0v) is 11.6. The number of hydrogen-bond donors (Lipinski definition) is 0. The number of fused-ring (bicyclic) bond motifs is 1. The number of hydrogen-bond acceptors (Lipinski definition) is 4. The molecule has 0 atom stereocenters. The van der Waals surface area contributed by atoms with E-state index in [1.54, 1.807) is 18.8 Å². The maximum atomic E-state index is 12.2. The van der Waals surface area contributed by atoms with Crippen LogP contribution in [0.15, 0.2) is 11.6 Å². The van der Waals surface area contributed by atoms with E-state index in [1.165, 1.54) is 11.3 Å². The summed E-state index contributed by atoms with van der Waals surface area (Å²) < 4.78 is 12.2. The number of aromatic nitrogens is 2. The van der Waals surface area contributed by atoms with Crippen molar-refractivity contribution in [2.75, 3.05) is 13.3 Å². The summed E-state index contributed by atoms with van der Waals surface area (Å²) in [4.78, 5) is 9.71. The zero-order valence-electron chi connectivity index (χ0n) is 9.89. The van der Waals surface area contributed by atoms with Crippen molar-refractivity contribution >= 4 is 34.1 Å². The van der Waals surface area contributed by atoms with E-state index >= 15 is 0 Å². The molecule has 0 spiro atoms. The van der Waals surface area contributed by atoms with Gasteiger partial charge in [-0.05, 0) is 25.3 Å². The predicted molar refractivity (Wildman–Crippen MR) is 70.6 cm³/mol. The summed E-state index contributed by atoms with van der Waals surface area (Å²) in [5, 5.41) is 0.863. The molecule has 5 heteroatoms. The first-order chi connectivity index (χ1) is 7.39. The number of pyridine rings is 1. The summed E-state index contributed by atoms with van der Waals surface area (Å²) >= 11 is 1.51. The molecular weight excluding hydrogens is 239 g/mol. The lowest BCUT2D eigenvalue weighted by molar-refractivity contribution is 0.588. The van der Waals surface area contributed by atoms with Crippen molar-refractivity contribution in [2.45, 2.75) is 19.8 Å². The molecule has 0 aliphatic carbocycles.